The number of hydrogen-bond donors (Lipinski definition) is 5. The summed E-state index contributed by atoms with van der Waals surface area (Å²) in [6.07, 6.45) is 1.98. The van der Waals surface area contributed by atoms with Crippen molar-refractivity contribution in [3.63, 3.8) is 0 Å². The highest BCUT2D eigenvalue weighted by Crippen LogP contribution is 2.35. The normalized spacial score (nSPS) is 13.6. The van der Waals surface area contributed by atoms with Gasteiger partial charge >= 0.3 is 12.2 Å². The lowest BCUT2D eigenvalue weighted by Gasteiger charge is -2.31. The molecule has 48 heavy (non-hydrogen) atoms. The Hall–Kier alpha value is -5.12. The molecule has 2 atom stereocenters. The number of rotatable bonds is 7. The number of fused-ring (bicyclic) bond motifs is 1. The molecule has 3 aromatic carbocycles. The average molecular weight is 651 g/mol. The van der Waals surface area contributed by atoms with Crippen LogP contribution in [0.15, 0.2) is 73.1 Å². The van der Waals surface area contributed by atoms with Crippen molar-refractivity contribution in [1.29, 1.82) is 0 Å². The maximum absolute atomic E-state index is 12.6. The first-order valence-electron chi connectivity index (χ1n) is 16.1. The molecule has 0 aliphatic carbocycles. The van der Waals surface area contributed by atoms with E-state index in [1.807, 2.05) is 53.7 Å². The molecule has 0 aliphatic rings. The van der Waals surface area contributed by atoms with E-state index in [4.69, 9.17) is 4.74 Å². The molecule has 5 aromatic rings. The summed E-state index contributed by atoms with van der Waals surface area (Å²) >= 11 is 0. The summed E-state index contributed by atoms with van der Waals surface area (Å²) in [6.45, 7) is 17.6. The zero-order chi connectivity index (χ0) is 35.0. The third kappa shape index (κ3) is 8.05. The Bertz CT molecular complexity index is 1920. The standard InChI is InChI=1S/C38H46N6O4/c1-36(2,3)30(43-34(45)46)32-39-20-28(41-32)23-12-10-22(11-13-23)24-14-15-26-19-27(17-16-25(26)18-24)29-21-40-33(42-29)31(37(4,5)6)44-35(47)48-38(7,8)9/h10-21,30-31,43H,1-9H3,(H,39,41)(H,40,42)(H,44,47)(H,45,46)/t30?,31-/m1/s1. The number of nitrogens with one attached hydrogen (secondary N) is 4. The molecule has 0 saturated carbocycles. The first-order valence-corrected chi connectivity index (χ1v) is 16.1. The monoisotopic (exact) mass is 650 g/mol. The molecule has 252 valence electrons. The number of hydrogen-bond acceptors (Lipinski definition) is 5. The zero-order valence-corrected chi connectivity index (χ0v) is 29.1. The number of nitrogens with zero attached hydrogens (tertiary/aromatic N) is 2. The molecule has 0 spiro atoms. The molecule has 5 rings (SSSR count). The number of benzene rings is 3. The number of carboxylic acid groups (broad SMARTS) is 1. The molecule has 0 saturated heterocycles. The summed E-state index contributed by atoms with van der Waals surface area (Å²) in [7, 11) is 0. The third-order valence-corrected chi connectivity index (χ3v) is 8.08. The molecule has 0 fully saturated rings. The Morgan fingerprint density at radius 2 is 1.08 bits per heavy atom. The molecule has 10 heteroatoms. The highest BCUT2D eigenvalue weighted by Gasteiger charge is 2.32. The number of amides is 2. The van der Waals surface area contributed by atoms with Gasteiger partial charge in [-0.25, -0.2) is 19.6 Å². The SMILES string of the molecule is CC(C)(C)OC(=O)N[C@H](c1ncc(-c2ccc3cc(-c4ccc(-c5cnc(C(NC(=O)O)C(C)(C)C)[nH]5)cc4)ccc3c2)[nH]1)C(C)(C)C. The predicted octanol–water partition coefficient (Wildman–Crippen LogP) is 9.25. The van der Waals surface area contributed by atoms with Gasteiger partial charge in [-0.1, -0.05) is 90.1 Å². The van der Waals surface area contributed by atoms with Gasteiger partial charge in [0.15, 0.2) is 0 Å². The Kier molecular flexibility index (Phi) is 9.14. The van der Waals surface area contributed by atoms with E-state index in [2.05, 4.69) is 99.9 Å². The van der Waals surface area contributed by atoms with Crippen molar-refractivity contribution in [2.75, 3.05) is 0 Å². The minimum atomic E-state index is -1.08. The Labute approximate surface area is 281 Å². The Balaban J connectivity index is 1.33. The fourth-order valence-corrected chi connectivity index (χ4v) is 5.63. The summed E-state index contributed by atoms with van der Waals surface area (Å²) in [6, 6.07) is 20.1. The highest BCUT2D eigenvalue weighted by atomic mass is 16.6. The molecular weight excluding hydrogens is 604 g/mol. The molecule has 0 radical (unpaired) electrons. The van der Waals surface area contributed by atoms with Crippen molar-refractivity contribution in [1.82, 2.24) is 30.6 Å². The van der Waals surface area contributed by atoms with Gasteiger partial charge in [-0.3, -0.25) is 0 Å². The topological polar surface area (TPSA) is 145 Å². The Morgan fingerprint density at radius 1 is 0.646 bits per heavy atom. The number of aromatic nitrogens is 4. The second-order valence-electron chi connectivity index (χ2n) is 15.4. The molecule has 2 amide bonds. The zero-order valence-electron chi connectivity index (χ0n) is 29.1. The molecule has 1 unspecified atom stereocenters. The van der Waals surface area contributed by atoms with E-state index in [-0.39, 0.29) is 16.9 Å². The van der Waals surface area contributed by atoms with Crippen molar-refractivity contribution in [2.24, 2.45) is 10.8 Å². The van der Waals surface area contributed by atoms with Crippen molar-refractivity contribution in [3.05, 3.63) is 84.7 Å². The molecule has 5 N–H and O–H groups in total. The molecule has 2 heterocycles. The van der Waals surface area contributed by atoms with Crippen LogP contribution in [0.2, 0.25) is 0 Å². The maximum Gasteiger partial charge on any atom is 0.408 e. The van der Waals surface area contributed by atoms with E-state index < -0.39 is 23.8 Å². The number of H-pyrrole nitrogens is 2. The molecule has 10 nitrogen and oxygen atoms in total. The highest BCUT2D eigenvalue weighted by molar-refractivity contribution is 5.90. The van der Waals surface area contributed by atoms with Gasteiger partial charge < -0.3 is 30.4 Å². The number of carbonyl (C=O) groups excluding carboxylic acids is 1. The fourth-order valence-electron chi connectivity index (χ4n) is 5.63. The summed E-state index contributed by atoms with van der Waals surface area (Å²) in [5.41, 5.74) is 4.55. The van der Waals surface area contributed by atoms with Crippen LogP contribution in [0.3, 0.4) is 0 Å². The molecule has 0 aliphatic heterocycles. The van der Waals surface area contributed by atoms with Crippen LogP contribution in [0.5, 0.6) is 0 Å². The van der Waals surface area contributed by atoms with Crippen LogP contribution in [-0.2, 0) is 4.74 Å². The lowest BCUT2D eigenvalue weighted by atomic mass is 9.86. The van der Waals surface area contributed by atoms with Gasteiger partial charge in [0.1, 0.15) is 17.2 Å². The first kappa shape index (κ1) is 34.2. The van der Waals surface area contributed by atoms with E-state index in [1.165, 1.54) is 0 Å². The van der Waals surface area contributed by atoms with E-state index >= 15 is 0 Å². The van der Waals surface area contributed by atoms with Gasteiger partial charge in [-0.05, 0) is 71.2 Å². The summed E-state index contributed by atoms with van der Waals surface area (Å²) in [5, 5.41) is 17.1. The predicted molar refractivity (Wildman–Crippen MR) is 189 cm³/mol. The van der Waals surface area contributed by atoms with E-state index in [0.717, 1.165) is 44.4 Å². The lowest BCUT2D eigenvalue weighted by Crippen LogP contribution is -2.40. The van der Waals surface area contributed by atoms with Crippen LogP contribution in [0, 0.1) is 10.8 Å². The second-order valence-corrected chi connectivity index (χ2v) is 15.4. The molecule has 2 aromatic heterocycles. The minimum absolute atomic E-state index is 0.306. The first-order chi connectivity index (χ1) is 22.4. The van der Waals surface area contributed by atoms with E-state index in [9.17, 15) is 14.7 Å². The number of ether oxygens (including phenoxy) is 1. The van der Waals surface area contributed by atoms with Gasteiger partial charge in [-0.2, -0.15) is 0 Å². The number of aromatic amines is 2. The van der Waals surface area contributed by atoms with Gasteiger partial charge in [0.25, 0.3) is 0 Å². The smallest absolute Gasteiger partial charge is 0.408 e. The van der Waals surface area contributed by atoms with Crippen LogP contribution >= 0.6 is 0 Å². The van der Waals surface area contributed by atoms with E-state index in [0.29, 0.717) is 11.6 Å². The van der Waals surface area contributed by atoms with Crippen LogP contribution in [0.25, 0.3) is 44.4 Å². The summed E-state index contributed by atoms with van der Waals surface area (Å²) in [4.78, 5) is 39.9. The third-order valence-electron chi connectivity index (χ3n) is 8.08. The quantitative estimate of drug-likeness (QED) is 0.119. The van der Waals surface area contributed by atoms with Crippen molar-refractivity contribution < 1.29 is 19.4 Å². The fraction of sp³-hybridized carbons (Fsp3) is 0.368. The van der Waals surface area contributed by atoms with Crippen molar-refractivity contribution >= 4 is 23.0 Å². The number of alkyl carbamates (subject to hydrolysis) is 1. The summed E-state index contributed by atoms with van der Waals surface area (Å²) in [5.74, 6) is 1.25. The van der Waals surface area contributed by atoms with Crippen molar-refractivity contribution in [2.45, 2.75) is 80.0 Å². The van der Waals surface area contributed by atoms with Gasteiger partial charge in [-0.15, -0.1) is 0 Å². The molecule has 0 bridgehead atoms. The van der Waals surface area contributed by atoms with E-state index in [1.54, 1.807) is 12.4 Å². The van der Waals surface area contributed by atoms with Crippen LogP contribution in [-0.4, -0.2) is 42.8 Å². The minimum Gasteiger partial charge on any atom is -0.465 e. The maximum atomic E-state index is 12.6. The van der Waals surface area contributed by atoms with Crippen LogP contribution < -0.4 is 10.6 Å². The number of carbonyl (C=O) groups is 2. The number of imidazole rings is 2. The van der Waals surface area contributed by atoms with Crippen molar-refractivity contribution in [3.8, 4) is 33.6 Å². The largest absolute Gasteiger partial charge is 0.465 e. The Morgan fingerprint density at radius 3 is 1.58 bits per heavy atom. The molecular formula is C38H46N6O4. The second kappa shape index (κ2) is 12.8. The lowest BCUT2D eigenvalue weighted by molar-refractivity contribution is 0.0458. The van der Waals surface area contributed by atoms with Crippen LogP contribution in [0.4, 0.5) is 9.59 Å². The van der Waals surface area contributed by atoms with Crippen LogP contribution in [0.1, 0.15) is 86.0 Å². The van der Waals surface area contributed by atoms with Gasteiger partial charge in [0.05, 0.1) is 35.9 Å². The van der Waals surface area contributed by atoms with Gasteiger partial charge in [0.2, 0.25) is 0 Å². The average Bonchev–Trinajstić information content (AvgIpc) is 3.67. The summed E-state index contributed by atoms with van der Waals surface area (Å²) < 4.78 is 5.51. The van der Waals surface area contributed by atoms with Gasteiger partial charge in [0, 0.05) is 5.56 Å².